The molecule has 0 spiro atoms. The van der Waals surface area contributed by atoms with Crippen molar-refractivity contribution in [2.24, 2.45) is 0 Å². The van der Waals surface area contributed by atoms with Gasteiger partial charge in [-0.15, -0.1) is 11.6 Å². The number of nitrogens with one attached hydrogen (secondary N) is 1. The molecule has 7 heteroatoms. The first-order valence-corrected chi connectivity index (χ1v) is 5.59. The number of aliphatic hydroxyl groups is 1. The van der Waals surface area contributed by atoms with Crippen molar-refractivity contribution in [2.45, 2.75) is 6.10 Å². The zero-order chi connectivity index (χ0) is 13.7. The van der Waals surface area contributed by atoms with Gasteiger partial charge < -0.3 is 15.2 Å². The fourth-order valence-electron chi connectivity index (χ4n) is 1.28. The number of rotatable bonds is 5. The number of aliphatic hydroxyl groups excluding tert-OH is 1. The molecule has 4 nitrogen and oxygen atoms in total. The second kappa shape index (κ2) is 6.51. The summed E-state index contributed by atoms with van der Waals surface area (Å²) < 4.78 is 31.1. The van der Waals surface area contributed by atoms with E-state index in [1.165, 1.54) is 0 Å². The van der Waals surface area contributed by atoms with E-state index in [9.17, 15) is 18.7 Å². The predicted octanol–water partition coefficient (Wildman–Crippen LogP) is 1.76. The second-order valence-electron chi connectivity index (χ2n) is 3.46. The van der Waals surface area contributed by atoms with Crippen molar-refractivity contribution < 1.29 is 23.4 Å². The fourth-order valence-corrected chi connectivity index (χ4v) is 1.39. The van der Waals surface area contributed by atoms with Crippen LogP contribution in [0.2, 0.25) is 0 Å². The van der Waals surface area contributed by atoms with Gasteiger partial charge in [-0.1, -0.05) is 0 Å². The highest BCUT2D eigenvalue weighted by Crippen LogP contribution is 2.23. The first-order valence-electron chi connectivity index (χ1n) is 5.05. The predicted molar refractivity (Wildman–Crippen MR) is 62.9 cm³/mol. The van der Waals surface area contributed by atoms with E-state index in [-0.39, 0.29) is 23.7 Å². The van der Waals surface area contributed by atoms with Crippen molar-refractivity contribution in [3.05, 3.63) is 29.3 Å². The molecule has 0 heterocycles. The fraction of sp³-hybridized carbons (Fsp3) is 0.364. The summed E-state index contributed by atoms with van der Waals surface area (Å²) in [5, 5.41) is 11.7. The Morgan fingerprint density at radius 1 is 1.56 bits per heavy atom. The second-order valence-corrected chi connectivity index (χ2v) is 3.77. The van der Waals surface area contributed by atoms with E-state index >= 15 is 0 Å². The SMILES string of the molecule is COC(=O)c1ccc(F)c(F)c1NCC(O)CCl. The summed E-state index contributed by atoms with van der Waals surface area (Å²) in [5.74, 6) is -3.20. The van der Waals surface area contributed by atoms with Crippen LogP contribution in [0.1, 0.15) is 10.4 Å². The molecule has 0 bridgehead atoms. The number of ether oxygens (including phenoxy) is 1. The molecule has 18 heavy (non-hydrogen) atoms. The van der Waals surface area contributed by atoms with Gasteiger partial charge in [0, 0.05) is 6.54 Å². The molecule has 0 aromatic heterocycles. The number of benzene rings is 1. The topological polar surface area (TPSA) is 58.6 Å². The van der Waals surface area contributed by atoms with Gasteiger partial charge in [0.2, 0.25) is 0 Å². The molecule has 0 aliphatic heterocycles. The maximum atomic E-state index is 13.6. The van der Waals surface area contributed by atoms with Gasteiger partial charge in [0.05, 0.1) is 30.3 Å². The van der Waals surface area contributed by atoms with E-state index in [2.05, 4.69) is 10.1 Å². The maximum absolute atomic E-state index is 13.6. The van der Waals surface area contributed by atoms with Crippen LogP contribution >= 0.6 is 11.6 Å². The van der Waals surface area contributed by atoms with Crippen molar-refractivity contribution in [2.75, 3.05) is 24.9 Å². The van der Waals surface area contributed by atoms with Crippen molar-refractivity contribution in [3.8, 4) is 0 Å². The Labute approximate surface area is 108 Å². The number of carbonyl (C=O) groups is 1. The molecule has 1 atom stereocenters. The van der Waals surface area contributed by atoms with Crippen LogP contribution in [0.25, 0.3) is 0 Å². The molecule has 100 valence electrons. The Balaban J connectivity index is 3.05. The maximum Gasteiger partial charge on any atom is 0.340 e. The first-order chi connectivity index (χ1) is 8.51. The van der Waals surface area contributed by atoms with Crippen LogP contribution in [0.5, 0.6) is 0 Å². The van der Waals surface area contributed by atoms with E-state index in [0.29, 0.717) is 0 Å². The van der Waals surface area contributed by atoms with Crippen molar-refractivity contribution in [1.29, 1.82) is 0 Å². The summed E-state index contributed by atoms with van der Waals surface area (Å²) in [6.07, 6.45) is -0.945. The van der Waals surface area contributed by atoms with Gasteiger partial charge in [0.25, 0.3) is 0 Å². The van der Waals surface area contributed by atoms with Crippen LogP contribution in [-0.2, 0) is 4.74 Å². The van der Waals surface area contributed by atoms with E-state index in [1.807, 2.05) is 0 Å². The molecule has 1 unspecified atom stereocenters. The number of esters is 1. The van der Waals surface area contributed by atoms with Crippen LogP contribution in [-0.4, -0.2) is 36.7 Å². The average molecular weight is 280 g/mol. The molecule has 0 aliphatic carbocycles. The zero-order valence-electron chi connectivity index (χ0n) is 9.54. The van der Waals surface area contributed by atoms with E-state index < -0.39 is 23.7 Å². The highest BCUT2D eigenvalue weighted by molar-refractivity contribution is 6.18. The lowest BCUT2D eigenvalue weighted by molar-refractivity contribution is 0.0601. The summed E-state index contributed by atoms with van der Waals surface area (Å²) >= 11 is 5.37. The number of anilines is 1. The standard InChI is InChI=1S/C11H12ClF2NO3/c1-18-11(17)7-2-3-8(13)9(14)10(7)15-5-6(16)4-12/h2-3,6,15-16H,4-5H2,1H3. The Bertz CT molecular complexity index is 443. The quantitative estimate of drug-likeness (QED) is 0.637. The van der Waals surface area contributed by atoms with E-state index in [0.717, 1.165) is 19.2 Å². The molecule has 2 N–H and O–H groups in total. The van der Waals surface area contributed by atoms with Gasteiger partial charge in [0.1, 0.15) is 0 Å². The Hall–Kier alpha value is -1.40. The Kier molecular flexibility index (Phi) is 5.30. The lowest BCUT2D eigenvalue weighted by Gasteiger charge is -2.14. The average Bonchev–Trinajstić information content (AvgIpc) is 2.39. The van der Waals surface area contributed by atoms with Crippen molar-refractivity contribution in [3.63, 3.8) is 0 Å². The summed E-state index contributed by atoms with van der Waals surface area (Å²) in [6.45, 7) is -0.117. The minimum Gasteiger partial charge on any atom is -0.465 e. The van der Waals surface area contributed by atoms with Gasteiger partial charge in [-0.25, -0.2) is 13.6 Å². The van der Waals surface area contributed by atoms with Crippen LogP contribution in [0.15, 0.2) is 12.1 Å². The van der Waals surface area contributed by atoms with Gasteiger partial charge in [0.15, 0.2) is 11.6 Å². The number of halogens is 3. The molecular weight excluding hydrogens is 268 g/mol. The molecule has 0 aliphatic rings. The molecule has 0 saturated heterocycles. The molecular formula is C11H12ClF2NO3. The minimum atomic E-state index is -1.21. The third kappa shape index (κ3) is 3.30. The van der Waals surface area contributed by atoms with Crippen LogP contribution in [0.3, 0.4) is 0 Å². The summed E-state index contributed by atoms with van der Waals surface area (Å²) in [4.78, 5) is 11.4. The van der Waals surface area contributed by atoms with Gasteiger partial charge >= 0.3 is 5.97 Å². The Morgan fingerprint density at radius 2 is 2.22 bits per heavy atom. The van der Waals surface area contributed by atoms with Gasteiger partial charge in [-0.3, -0.25) is 0 Å². The molecule has 1 aromatic rings. The number of hydrogen-bond donors (Lipinski definition) is 2. The molecule has 0 fully saturated rings. The van der Waals surface area contributed by atoms with Crippen molar-refractivity contribution >= 4 is 23.3 Å². The summed E-state index contributed by atoms with van der Waals surface area (Å²) in [6, 6.07) is 1.92. The smallest absolute Gasteiger partial charge is 0.340 e. The third-order valence-corrected chi connectivity index (χ3v) is 2.55. The molecule has 1 rings (SSSR count). The highest BCUT2D eigenvalue weighted by Gasteiger charge is 2.19. The lowest BCUT2D eigenvalue weighted by Crippen LogP contribution is -2.23. The minimum absolute atomic E-state index is 0.0719. The van der Waals surface area contributed by atoms with Crippen LogP contribution in [0, 0.1) is 11.6 Å². The highest BCUT2D eigenvalue weighted by atomic mass is 35.5. The van der Waals surface area contributed by atoms with E-state index in [1.54, 1.807) is 0 Å². The summed E-state index contributed by atoms with van der Waals surface area (Å²) in [5.41, 5.74) is -0.510. The first kappa shape index (κ1) is 14.7. The summed E-state index contributed by atoms with van der Waals surface area (Å²) in [7, 11) is 1.13. The molecule has 0 saturated carbocycles. The van der Waals surface area contributed by atoms with Gasteiger partial charge in [-0.05, 0) is 12.1 Å². The zero-order valence-corrected chi connectivity index (χ0v) is 10.3. The molecule has 0 radical (unpaired) electrons. The van der Waals surface area contributed by atoms with Gasteiger partial charge in [-0.2, -0.15) is 0 Å². The van der Waals surface area contributed by atoms with Crippen molar-refractivity contribution in [1.82, 2.24) is 0 Å². The Morgan fingerprint density at radius 3 is 2.78 bits per heavy atom. The van der Waals surface area contributed by atoms with Crippen LogP contribution < -0.4 is 5.32 Å². The number of methoxy groups -OCH3 is 1. The third-order valence-electron chi connectivity index (χ3n) is 2.19. The number of hydrogen-bond acceptors (Lipinski definition) is 4. The molecule has 0 amide bonds. The van der Waals surface area contributed by atoms with E-state index in [4.69, 9.17) is 11.6 Å². The lowest BCUT2D eigenvalue weighted by atomic mass is 10.1. The molecule has 1 aromatic carbocycles. The van der Waals surface area contributed by atoms with Crippen LogP contribution in [0.4, 0.5) is 14.5 Å². The largest absolute Gasteiger partial charge is 0.465 e. The normalized spacial score (nSPS) is 12.1. The monoisotopic (exact) mass is 279 g/mol. The number of alkyl halides is 1. The number of carbonyl (C=O) groups excluding carboxylic acids is 1.